The number of non-ortho nitro benzene ring substituents is 1. The van der Waals surface area contributed by atoms with Crippen LogP contribution in [-0.4, -0.2) is 19.6 Å². The number of phenolic OH excluding ortho intramolecular Hbond substituents is 1. The third-order valence-corrected chi connectivity index (χ3v) is 3.34. The third kappa shape index (κ3) is 2.80. The molecule has 6 heteroatoms. The Labute approximate surface area is 126 Å². The van der Waals surface area contributed by atoms with E-state index < -0.39 is 4.92 Å². The van der Waals surface area contributed by atoms with Crippen molar-refractivity contribution in [2.24, 2.45) is 0 Å². The standard InChI is InChI=1S/C16H13N3O3/c20-15-7-1-12(2-8-15)11-18-10-9-17-16(18)13-3-5-14(6-4-13)19(21)22/h1-10,20H,11H2. The average Bonchev–Trinajstić information content (AvgIpc) is 2.98. The lowest BCUT2D eigenvalue weighted by atomic mass is 10.2. The minimum absolute atomic E-state index is 0.0559. The molecule has 0 saturated carbocycles. The number of phenols is 1. The van der Waals surface area contributed by atoms with Crippen LogP contribution < -0.4 is 0 Å². The van der Waals surface area contributed by atoms with Crippen molar-refractivity contribution >= 4 is 5.69 Å². The number of nitrogens with zero attached hydrogens (tertiary/aromatic N) is 3. The number of aromatic hydroxyl groups is 1. The van der Waals surface area contributed by atoms with Crippen molar-refractivity contribution < 1.29 is 10.0 Å². The van der Waals surface area contributed by atoms with Crippen LogP contribution in [0.4, 0.5) is 5.69 Å². The number of nitro groups is 1. The number of hydrogen-bond acceptors (Lipinski definition) is 4. The van der Waals surface area contributed by atoms with Gasteiger partial charge in [-0.05, 0) is 29.8 Å². The quantitative estimate of drug-likeness (QED) is 0.592. The summed E-state index contributed by atoms with van der Waals surface area (Å²) in [5.41, 5.74) is 1.90. The molecule has 6 nitrogen and oxygen atoms in total. The normalized spacial score (nSPS) is 10.5. The van der Waals surface area contributed by atoms with Crippen LogP contribution in [0, 0.1) is 10.1 Å². The highest BCUT2D eigenvalue weighted by Gasteiger charge is 2.09. The topological polar surface area (TPSA) is 81.2 Å². The summed E-state index contributed by atoms with van der Waals surface area (Å²) >= 11 is 0. The Balaban J connectivity index is 1.88. The first-order valence-electron chi connectivity index (χ1n) is 6.67. The van der Waals surface area contributed by atoms with Crippen molar-refractivity contribution in [1.82, 2.24) is 9.55 Å². The Morgan fingerprint density at radius 1 is 1.09 bits per heavy atom. The van der Waals surface area contributed by atoms with E-state index in [1.807, 2.05) is 22.9 Å². The molecule has 3 aromatic rings. The summed E-state index contributed by atoms with van der Waals surface area (Å²) in [6.45, 7) is 0.604. The highest BCUT2D eigenvalue weighted by molar-refractivity contribution is 5.58. The fourth-order valence-electron chi connectivity index (χ4n) is 2.23. The highest BCUT2D eigenvalue weighted by atomic mass is 16.6. The van der Waals surface area contributed by atoms with Crippen molar-refractivity contribution in [1.29, 1.82) is 0 Å². The second-order valence-corrected chi connectivity index (χ2v) is 4.85. The first-order chi connectivity index (χ1) is 10.6. The maximum Gasteiger partial charge on any atom is 0.269 e. The highest BCUT2D eigenvalue weighted by Crippen LogP contribution is 2.22. The second-order valence-electron chi connectivity index (χ2n) is 4.85. The van der Waals surface area contributed by atoms with E-state index in [-0.39, 0.29) is 11.4 Å². The molecule has 0 aliphatic rings. The largest absolute Gasteiger partial charge is 0.508 e. The van der Waals surface area contributed by atoms with Crippen LogP contribution in [-0.2, 0) is 6.54 Å². The van der Waals surface area contributed by atoms with Crippen molar-refractivity contribution in [2.75, 3.05) is 0 Å². The molecule has 0 spiro atoms. The van der Waals surface area contributed by atoms with Gasteiger partial charge < -0.3 is 9.67 Å². The van der Waals surface area contributed by atoms with Gasteiger partial charge in [-0.25, -0.2) is 4.98 Å². The van der Waals surface area contributed by atoms with Gasteiger partial charge >= 0.3 is 0 Å². The van der Waals surface area contributed by atoms with Crippen molar-refractivity contribution in [3.8, 4) is 17.1 Å². The molecule has 0 saturated heterocycles. The lowest BCUT2D eigenvalue weighted by Crippen LogP contribution is -2.01. The van der Waals surface area contributed by atoms with Gasteiger partial charge in [0.15, 0.2) is 0 Å². The molecule has 110 valence electrons. The number of aromatic nitrogens is 2. The Bertz CT molecular complexity index is 792. The molecule has 0 amide bonds. The molecule has 0 fully saturated rings. The molecule has 1 heterocycles. The van der Waals surface area contributed by atoms with Crippen LogP contribution >= 0.6 is 0 Å². The molecule has 0 atom stereocenters. The first-order valence-corrected chi connectivity index (χ1v) is 6.67. The zero-order valence-electron chi connectivity index (χ0n) is 11.6. The van der Waals surface area contributed by atoms with Crippen molar-refractivity contribution in [2.45, 2.75) is 6.54 Å². The lowest BCUT2D eigenvalue weighted by molar-refractivity contribution is -0.384. The average molecular weight is 295 g/mol. The molecule has 0 bridgehead atoms. The SMILES string of the molecule is O=[N+]([O-])c1ccc(-c2nccn2Cc2ccc(O)cc2)cc1. The van der Waals surface area contributed by atoms with Gasteiger partial charge in [0, 0.05) is 36.6 Å². The molecule has 22 heavy (non-hydrogen) atoms. The Kier molecular flexibility index (Phi) is 3.57. The number of hydrogen-bond donors (Lipinski definition) is 1. The van der Waals surface area contributed by atoms with E-state index >= 15 is 0 Å². The van der Waals surface area contributed by atoms with Crippen LogP contribution in [0.25, 0.3) is 11.4 Å². The zero-order chi connectivity index (χ0) is 15.5. The molecular formula is C16H13N3O3. The Morgan fingerprint density at radius 2 is 1.77 bits per heavy atom. The van der Waals surface area contributed by atoms with E-state index in [1.54, 1.807) is 30.5 Å². The fraction of sp³-hybridized carbons (Fsp3) is 0.0625. The van der Waals surface area contributed by atoms with Crippen LogP contribution in [0.2, 0.25) is 0 Å². The van der Waals surface area contributed by atoms with E-state index in [0.717, 1.165) is 17.0 Å². The maximum atomic E-state index is 10.7. The van der Waals surface area contributed by atoms with Gasteiger partial charge in [-0.3, -0.25) is 10.1 Å². The van der Waals surface area contributed by atoms with Crippen LogP contribution in [0.5, 0.6) is 5.75 Å². The Morgan fingerprint density at radius 3 is 2.41 bits per heavy atom. The van der Waals surface area contributed by atoms with Crippen molar-refractivity contribution in [3.63, 3.8) is 0 Å². The summed E-state index contributed by atoms with van der Waals surface area (Å²) in [6, 6.07) is 13.3. The number of rotatable bonds is 4. The van der Waals surface area contributed by atoms with Crippen LogP contribution in [0.1, 0.15) is 5.56 Å². The van der Waals surface area contributed by atoms with Crippen molar-refractivity contribution in [3.05, 3.63) is 76.6 Å². The van der Waals surface area contributed by atoms with Gasteiger partial charge in [-0.15, -0.1) is 0 Å². The molecule has 0 unspecified atom stereocenters. The summed E-state index contributed by atoms with van der Waals surface area (Å²) in [5, 5.41) is 20.0. The molecule has 1 aromatic heterocycles. The second kappa shape index (κ2) is 5.69. The molecule has 0 radical (unpaired) electrons. The maximum absolute atomic E-state index is 10.7. The van der Waals surface area contributed by atoms with Gasteiger partial charge in [0.25, 0.3) is 5.69 Å². The van der Waals surface area contributed by atoms with Gasteiger partial charge in [-0.1, -0.05) is 12.1 Å². The van der Waals surface area contributed by atoms with Crippen LogP contribution in [0.3, 0.4) is 0 Å². The predicted molar refractivity (Wildman–Crippen MR) is 81.5 cm³/mol. The van der Waals surface area contributed by atoms with Gasteiger partial charge in [-0.2, -0.15) is 0 Å². The van der Waals surface area contributed by atoms with E-state index in [2.05, 4.69) is 4.98 Å². The molecule has 1 N–H and O–H groups in total. The first kappa shape index (κ1) is 13.8. The zero-order valence-corrected chi connectivity index (χ0v) is 11.6. The summed E-state index contributed by atoms with van der Waals surface area (Å²) in [6.07, 6.45) is 3.54. The summed E-state index contributed by atoms with van der Waals surface area (Å²) in [4.78, 5) is 14.6. The minimum atomic E-state index is -0.424. The molecular weight excluding hydrogens is 282 g/mol. The molecule has 0 aliphatic carbocycles. The van der Waals surface area contributed by atoms with E-state index in [9.17, 15) is 15.2 Å². The van der Waals surface area contributed by atoms with Gasteiger partial charge in [0.05, 0.1) is 4.92 Å². The smallest absolute Gasteiger partial charge is 0.269 e. The molecule has 3 rings (SSSR count). The lowest BCUT2D eigenvalue weighted by Gasteiger charge is -2.08. The summed E-state index contributed by atoms with van der Waals surface area (Å²) < 4.78 is 1.95. The monoisotopic (exact) mass is 295 g/mol. The Hall–Kier alpha value is -3.15. The minimum Gasteiger partial charge on any atom is -0.508 e. The molecule has 0 aliphatic heterocycles. The third-order valence-electron chi connectivity index (χ3n) is 3.34. The predicted octanol–water partition coefficient (Wildman–Crippen LogP) is 3.21. The number of nitro benzene ring substituents is 1. The van der Waals surface area contributed by atoms with E-state index in [4.69, 9.17) is 0 Å². The number of imidazole rings is 1. The van der Waals surface area contributed by atoms with Gasteiger partial charge in [0.2, 0.25) is 0 Å². The van der Waals surface area contributed by atoms with E-state index in [1.165, 1.54) is 12.1 Å². The van der Waals surface area contributed by atoms with E-state index in [0.29, 0.717) is 6.54 Å². The summed E-state index contributed by atoms with van der Waals surface area (Å²) in [5.74, 6) is 0.966. The fourth-order valence-corrected chi connectivity index (χ4v) is 2.23. The summed E-state index contributed by atoms with van der Waals surface area (Å²) in [7, 11) is 0. The number of benzene rings is 2. The van der Waals surface area contributed by atoms with Crippen LogP contribution in [0.15, 0.2) is 60.9 Å². The molecule has 2 aromatic carbocycles. The van der Waals surface area contributed by atoms with Gasteiger partial charge in [0.1, 0.15) is 11.6 Å².